The molecule has 0 aliphatic carbocycles. The number of ether oxygens (including phenoxy) is 1. The van der Waals surface area contributed by atoms with Gasteiger partial charge in [-0.1, -0.05) is 28.1 Å². The molecule has 0 aromatic heterocycles. The highest BCUT2D eigenvalue weighted by atomic mass is 79.9. The molecule has 22 heavy (non-hydrogen) atoms. The SMILES string of the molecule is CCOC(=O)CNC(O)P(=O)(O)OOCc1ccc(Br)cc1. The molecule has 0 spiro atoms. The molecule has 0 bridgehead atoms. The Balaban J connectivity index is 2.37. The van der Waals surface area contributed by atoms with E-state index < -0.39 is 26.1 Å². The number of aliphatic hydroxyl groups is 1. The zero-order valence-corrected chi connectivity index (χ0v) is 14.2. The van der Waals surface area contributed by atoms with Gasteiger partial charge in [-0.25, -0.2) is 4.89 Å². The highest BCUT2D eigenvalue weighted by Gasteiger charge is 2.32. The first-order valence-electron chi connectivity index (χ1n) is 6.30. The van der Waals surface area contributed by atoms with Crippen LogP contribution in [0, 0.1) is 0 Å². The molecule has 124 valence electrons. The summed E-state index contributed by atoms with van der Waals surface area (Å²) in [5.41, 5.74) is 0.706. The van der Waals surface area contributed by atoms with Crippen molar-refractivity contribution in [3.8, 4) is 0 Å². The van der Waals surface area contributed by atoms with Crippen LogP contribution in [0.4, 0.5) is 0 Å². The Morgan fingerprint density at radius 3 is 2.64 bits per heavy atom. The molecule has 0 saturated heterocycles. The van der Waals surface area contributed by atoms with E-state index in [0.29, 0.717) is 5.56 Å². The van der Waals surface area contributed by atoms with Crippen molar-refractivity contribution >= 4 is 29.5 Å². The van der Waals surface area contributed by atoms with Crippen LogP contribution in [0.2, 0.25) is 0 Å². The van der Waals surface area contributed by atoms with Crippen LogP contribution in [-0.2, 0) is 30.3 Å². The van der Waals surface area contributed by atoms with Crippen LogP contribution in [-0.4, -0.2) is 35.1 Å². The lowest BCUT2D eigenvalue weighted by molar-refractivity contribution is -0.227. The Kier molecular flexibility index (Phi) is 8.19. The Morgan fingerprint density at radius 1 is 1.41 bits per heavy atom. The number of benzene rings is 1. The first kappa shape index (κ1) is 19.2. The third kappa shape index (κ3) is 6.97. The number of carbonyl (C=O) groups excluding carboxylic acids is 1. The Labute approximate surface area is 136 Å². The molecule has 8 nitrogen and oxygen atoms in total. The summed E-state index contributed by atoms with van der Waals surface area (Å²) in [4.78, 5) is 25.2. The number of carbonyl (C=O) groups is 1. The summed E-state index contributed by atoms with van der Waals surface area (Å²) in [6, 6.07) is 7.00. The summed E-state index contributed by atoms with van der Waals surface area (Å²) in [6.45, 7) is 1.27. The lowest BCUT2D eigenvalue weighted by Gasteiger charge is -2.17. The first-order valence-corrected chi connectivity index (χ1v) is 8.74. The third-order valence-electron chi connectivity index (χ3n) is 2.34. The quantitative estimate of drug-likeness (QED) is 0.189. The smallest absolute Gasteiger partial charge is 0.397 e. The number of esters is 1. The van der Waals surface area contributed by atoms with Crippen LogP contribution in [0.1, 0.15) is 12.5 Å². The van der Waals surface area contributed by atoms with E-state index >= 15 is 0 Å². The maximum Gasteiger partial charge on any atom is 0.397 e. The summed E-state index contributed by atoms with van der Waals surface area (Å²) in [7, 11) is -4.50. The van der Waals surface area contributed by atoms with Crippen molar-refractivity contribution in [3.05, 3.63) is 34.3 Å². The normalized spacial score (nSPS) is 15.1. The summed E-state index contributed by atoms with van der Waals surface area (Å²) >= 11 is 3.27. The second kappa shape index (κ2) is 9.36. The van der Waals surface area contributed by atoms with Crippen molar-refractivity contribution in [2.45, 2.75) is 19.5 Å². The molecule has 1 aromatic carbocycles. The van der Waals surface area contributed by atoms with Crippen molar-refractivity contribution in [2.75, 3.05) is 13.2 Å². The lowest BCUT2D eigenvalue weighted by Crippen LogP contribution is -2.34. The molecule has 0 radical (unpaired) electrons. The minimum absolute atomic E-state index is 0.0809. The standard InChI is InChI=1S/C12H17BrNO7P/c1-2-19-11(15)7-14-12(16)22(17,18)21-20-8-9-3-5-10(13)6-4-9/h3-6,12,14,16H,2,7-8H2,1H3,(H,17,18). The molecule has 0 fully saturated rings. The summed E-state index contributed by atoms with van der Waals surface area (Å²) in [6.07, 6.45) is 0. The first-order chi connectivity index (χ1) is 10.3. The van der Waals surface area contributed by atoms with Gasteiger partial charge >= 0.3 is 13.6 Å². The van der Waals surface area contributed by atoms with E-state index in [-0.39, 0.29) is 13.2 Å². The third-order valence-corrected chi connectivity index (χ3v) is 3.99. The molecule has 0 aliphatic heterocycles. The molecular formula is C12H17BrNO7P. The predicted octanol–water partition coefficient (Wildman–Crippen LogP) is 1.51. The lowest BCUT2D eigenvalue weighted by atomic mass is 10.2. The van der Waals surface area contributed by atoms with Crippen molar-refractivity contribution < 1.29 is 33.7 Å². The summed E-state index contributed by atoms with van der Waals surface area (Å²) in [5, 5.41) is 11.6. The van der Waals surface area contributed by atoms with Gasteiger partial charge in [-0.2, -0.15) is 0 Å². The second-order valence-electron chi connectivity index (χ2n) is 4.09. The van der Waals surface area contributed by atoms with Crippen molar-refractivity contribution in [3.63, 3.8) is 0 Å². The van der Waals surface area contributed by atoms with Gasteiger partial charge in [0.2, 0.25) is 5.97 Å². The fraction of sp³-hybridized carbons (Fsp3) is 0.417. The molecule has 10 heteroatoms. The van der Waals surface area contributed by atoms with Gasteiger partial charge in [-0.3, -0.25) is 14.7 Å². The van der Waals surface area contributed by atoms with E-state index in [0.717, 1.165) is 4.47 Å². The Morgan fingerprint density at radius 2 is 2.05 bits per heavy atom. The zero-order chi connectivity index (χ0) is 16.6. The number of rotatable bonds is 9. The fourth-order valence-electron chi connectivity index (χ4n) is 1.29. The van der Waals surface area contributed by atoms with Gasteiger partial charge in [0.25, 0.3) is 0 Å². The number of hydrogen-bond donors (Lipinski definition) is 3. The van der Waals surface area contributed by atoms with Crippen LogP contribution >= 0.6 is 23.5 Å². The highest BCUT2D eigenvalue weighted by Crippen LogP contribution is 2.45. The molecule has 0 amide bonds. The van der Waals surface area contributed by atoms with E-state index in [9.17, 15) is 19.4 Å². The molecule has 0 heterocycles. The average molecular weight is 398 g/mol. The van der Waals surface area contributed by atoms with Crippen LogP contribution in [0.5, 0.6) is 0 Å². The van der Waals surface area contributed by atoms with Gasteiger partial charge in [-0.05, 0) is 24.6 Å². The van der Waals surface area contributed by atoms with E-state index in [1.165, 1.54) is 0 Å². The Hall–Kier alpha value is -0.800. The highest BCUT2D eigenvalue weighted by molar-refractivity contribution is 9.10. The van der Waals surface area contributed by atoms with Gasteiger partial charge in [-0.15, -0.1) is 4.67 Å². The topological polar surface area (TPSA) is 114 Å². The molecule has 2 atom stereocenters. The fourth-order valence-corrected chi connectivity index (χ4v) is 2.16. The Bertz CT molecular complexity index is 525. The van der Waals surface area contributed by atoms with Gasteiger partial charge in [0.15, 0.2) is 0 Å². The van der Waals surface area contributed by atoms with Crippen molar-refractivity contribution in [1.29, 1.82) is 0 Å². The van der Waals surface area contributed by atoms with Gasteiger partial charge in [0.1, 0.15) is 6.61 Å². The molecular weight excluding hydrogens is 381 g/mol. The molecule has 1 rings (SSSR count). The predicted molar refractivity (Wildman–Crippen MR) is 80.5 cm³/mol. The molecule has 1 aromatic rings. The van der Waals surface area contributed by atoms with Crippen molar-refractivity contribution in [2.24, 2.45) is 0 Å². The van der Waals surface area contributed by atoms with Crippen LogP contribution < -0.4 is 5.32 Å². The van der Waals surface area contributed by atoms with E-state index in [4.69, 9.17) is 0 Å². The van der Waals surface area contributed by atoms with Gasteiger partial charge in [0, 0.05) is 4.47 Å². The zero-order valence-electron chi connectivity index (χ0n) is 11.8. The maximum absolute atomic E-state index is 11.7. The number of nitrogens with one attached hydrogen (secondary N) is 1. The molecule has 0 aliphatic rings. The van der Waals surface area contributed by atoms with Crippen LogP contribution in [0.25, 0.3) is 0 Å². The van der Waals surface area contributed by atoms with Gasteiger partial charge in [0.05, 0.1) is 13.2 Å². The minimum Gasteiger partial charge on any atom is -0.465 e. The minimum atomic E-state index is -4.50. The molecule has 3 N–H and O–H groups in total. The van der Waals surface area contributed by atoms with Gasteiger partial charge < -0.3 is 14.7 Å². The number of halogens is 1. The monoisotopic (exact) mass is 397 g/mol. The van der Waals surface area contributed by atoms with E-state index in [1.54, 1.807) is 31.2 Å². The van der Waals surface area contributed by atoms with Crippen LogP contribution in [0.15, 0.2) is 28.7 Å². The maximum atomic E-state index is 11.7. The summed E-state index contributed by atoms with van der Waals surface area (Å²) in [5.74, 6) is -2.64. The van der Waals surface area contributed by atoms with E-state index in [1.807, 2.05) is 0 Å². The molecule has 2 unspecified atom stereocenters. The second-order valence-corrected chi connectivity index (χ2v) is 6.77. The van der Waals surface area contributed by atoms with E-state index in [2.05, 4.69) is 35.5 Å². The number of hydrogen-bond acceptors (Lipinski definition) is 7. The molecule has 0 saturated carbocycles. The largest absolute Gasteiger partial charge is 0.465 e. The number of aliphatic hydroxyl groups excluding tert-OH is 1. The van der Waals surface area contributed by atoms with Crippen LogP contribution in [0.3, 0.4) is 0 Å². The summed E-state index contributed by atoms with van der Waals surface area (Å²) < 4.78 is 21.5. The average Bonchev–Trinajstić information content (AvgIpc) is 2.47. The van der Waals surface area contributed by atoms with Crippen molar-refractivity contribution in [1.82, 2.24) is 5.32 Å².